The third-order valence-electron chi connectivity index (χ3n) is 2.43. The van der Waals surface area contributed by atoms with Crippen molar-refractivity contribution in [2.75, 3.05) is 18.6 Å². The molecule has 20 heavy (non-hydrogen) atoms. The van der Waals surface area contributed by atoms with Crippen LogP contribution in [0.15, 0.2) is 30.3 Å². The second kappa shape index (κ2) is 5.71. The standard InChI is InChI=1S/C14H12N4O2/c1-20-14(19)11-13(16)18-12(15)10(17-11)8-7-9-5-3-2-4-6-9/h2-6H,1H3,(H4,15,16,18). The molecule has 0 atom stereocenters. The summed E-state index contributed by atoms with van der Waals surface area (Å²) in [6.45, 7) is 0. The first kappa shape index (κ1) is 13.4. The van der Waals surface area contributed by atoms with Gasteiger partial charge in [-0.2, -0.15) is 0 Å². The molecule has 0 saturated carbocycles. The number of nitrogens with zero attached hydrogens (tertiary/aromatic N) is 2. The zero-order valence-corrected chi connectivity index (χ0v) is 10.8. The van der Waals surface area contributed by atoms with Crippen molar-refractivity contribution in [1.29, 1.82) is 0 Å². The summed E-state index contributed by atoms with van der Waals surface area (Å²) < 4.78 is 4.56. The van der Waals surface area contributed by atoms with E-state index in [1.165, 1.54) is 7.11 Å². The highest BCUT2D eigenvalue weighted by atomic mass is 16.5. The highest BCUT2D eigenvalue weighted by molar-refractivity contribution is 5.92. The van der Waals surface area contributed by atoms with E-state index in [0.717, 1.165) is 5.56 Å². The lowest BCUT2D eigenvalue weighted by Crippen LogP contribution is -2.13. The zero-order chi connectivity index (χ0) is 14.5. The Kier molecular flexibility index (Phi) is 3.82. The van der Waals surface area contributed by atoms with Crippen LogP contribution in [-0.2, 0) is 4.74 Å². The predicted molar refractivity (Wildman–Crippen MR) is 74.6 cm³/mol. The van der Waals surface area contributed by atoms with Crippen LogP contribution in [0.25, 0.3) is 0 Å². The molecule has 100 valence electrons. The van der Waals surface area contributed by atoms with E-state index in [9.17, 15) is 4.79 Å². The Morgan fingerprint density at radius 2 is 1.80 bits per heavy atom. The van der Waals surface area contributed by atoms with Crippen LogP contribution in [-0.4, -0.2) is 23.0 Å². The van der Waals surface area contributed by atoms with Crippen molar-refractivity contribution in [3.05, 3.63) is 47.3 Å². The van der Waals surface area contributed by atoms with Crippen molar-refractivity contribution in [2.24, 2.45) is 0 Å². The van der Waals surface area contributed by atoms with E-state index >= 15 is 0 Å². The summed E-state index contributed by atoms with van der Waals surface area (Å²) in [6, 6.07) is 9.30. The molecule has 0 amide bonds. The summed E-state index contributed by atoms with van der Waals surface area (Å²) in [5.41, 5.74) is 12.1. The summed E-state index contributed by atoms with van der Waals surface area (Å²) in [5, 5.41) is 0. The molecule has 0 spiro atoms. The lowest BCUT2D eigenvalue weighted by atomic mass is 10.2. The number of carbonyl (C=O) groups excluding carboxylic acids is 1. The molecule has 1 aromatic heterocycles. The van der Waals surface area contributed by atoms with Gasteiger partial charge < -0.3 is 16.2 Å². The van der Waals surface area contributed by atoms with Crippen LogP contribution in [0.2, 0.25) is 0 Å². The molecule has 0 radical (unpaired) electrons. The number of rotatable bonds is 1. The lowest BCUT2D eigenvalue weighted by molar-refractivity contribution is 0.0595. The van der Waals surface area contributed by atoms with E-state index in [4.69, 9.17) is 11.5 Å². The third-order valence-corrected chi connectivity index (χ3v) is 2.43. The van der Waals surface area contributed by atoms with Crippen LogP contribution in [0, 0.1) is 11.8 Å². The summed E-state index contributed by atoms with van der Waals surface area (Å²) >= 11 is 0. The molecule has 0 saturated heterocycles. The molecule has 4 N–H and O–H groups in total. The molecule has 0 bridgehead atoms. The number of benzene rings is 1. The van der Waals surface area contributed by atoms with Gasteiger partial charge >= 0.3 is 5.97 Å². The average molecular weight is 268 g/mol. The Morgan fingerprint density at radius 1 is 1.10 bits per heavy atom. The fraction of sp³-hybridized carbons (Fsp3) is 0.0714. The first-order valence-corrected chi connectivity index (χ1v) is 5.70. The van der Waals surface area contributed by atoms with Gasteiger partial charge in [-0.1, -0.05) is 24.1 Å². The van der Waals surface area contributed by atoms with Gasteiger partial charge in [0, 0.05) is 5.56 Å². The third kappa shape index (κ3) is 2.84. The van der Waals surface area contributed by atoms with Crippen molar-refractivity contribution in [3.8, 4) is 11.8 Å². The summed E-state index contributed by atoms with van der Waals surface area (Å²) in [4.78, 5) is 19.3. The molecule has 0 aliphatic carbocycles. The maximum atomic E-state index is 11.5. The van der Waals surface area contributed by atoms with Crippen LogP contribution in [0.5, 0.6) is 0 Å². The maximum absolute atomic E-state index is 11.5. The van der Waals surface area contributed by atoms with Crippen molar-refractivity contribution in [1.82, 2.24) is 9.97 Å². The van der Waals surface area contributed by atoms with Gasteiger partial charge in [0.25, 0.3) is 0 Å². The van der Waals surface area contributed by atoms with Crippen molar-refractivity contribution < 1.29 is 9.53 Å². The predicted octanol–water partition coefficient (Wildman–Crippen LogP) is 0.827. The Hall–Kier alpha value is -3.07. The van der Waals surface area contributed by atoms with Gasteiger partial charge in [-0.25, -0.2) is 14.8 Å². The van der Waals surface area contributed by atoms with E-state index < -0.39 is 5.97 Å². The molecule has 2 rings (SSSR count). The van der Waals surface area contributed by atoms with Gasteiger partial charge in [-0.05, 0) is 18.1 Å². The number of esters is 1. The summed E-state index contributed by atoms with van der Waals surface area (Å²) in [5.74, 6) is 4.95. The van der Waals surface area contributed by atoms with Crippen LogP contribution in [0.3, 0.4) is 0 Å². The largest absolute Gasteiger partial charge is 0.464 e. The maximum Gasteiger partial charge on any atom is 0.360 e. The van der Waals surface area contributed by atoms with E-state index in [-0.39, 0.29) is 23.0 Å². The summed E-state index contributed by atoms with van der Waals surface area (Å²) in [6.07, 6.45) is 0. The minimum Gasteiger partial charge on any atom is -0.464 e. The molecule has 6 heteroatoms. The number of nitrogen functional groups attached to an aromatic ring is 2. The molecule has 0 aliphatic heterocycles. The van der Waals surface area contributed by atoms with Gasteiger partial charge in [0.05, 0.1) is 7.11 Å². The number of ether oxygens (including phenoxy) is 1. The van der Waals surface area contributed by atoms with E-state index in [1.807, 2.05) is 30.3 Å². The van der Waals surface area contributed by atoms with Crippen molar-refractivity contribution in [2.45, 2.75) is 0 Å². The highest BCUT2D eigenvalue weighted by Crippen LogP contribution is 2.13. The Labute approximate surface area is 115 Å². The van der Waals surface area contributed by atoms with Gasteiger partial charge in [0.1, 0.15) is 0 Å². The van der Waals surface area contributed by atoms with Crippen LogP contribution in [0.4, 0.5) is 11.6 Å². The fourth-order valence-electron chi connectivity index (χ4n) is 1.45. The van der Waals surface area contributed by atoms with Crippen molar-refractivity contribution in [3.63, 3.8) is 0 Å². The van der Waals surface area contributed by atoms with Gasteiger partial charge in [0.15, 0.2) is 23.0 Å². The van der Waals surface area contributed by atoms with Crippen LogP contribution in [0.1, 0.15) is 21.7 Å². The van der Waals surface area contributed by atoms with Gasteiger partial charge in [-0.15, -0.1) is 0 Å². The number of anilines is 2. The van der Waals surface area contributed by atoms with E-state index in [0.29, 0.717) is 0 Å². The first-order chi connectivity index (χ1) is 9.61. The molecule has 0 unspecified atom stereocenters. The molecular weight excluding hydrogens is 256 g/mol. The minimum atomic E-state index is -0.683. The Morgan fingerprint density at radius 3 is 2.45 bits per heavy atom. The average Bonchev–Trinajstić information content (AvgIpc) is 2.46. The van der Waals surface area contributed by atoms with Crippen LogP contribution < -0.4 is 11.5 Å². The topological polar surface area (TPSA) is 104 Å². The summed E-state index contributed by atoms with van der Waals surface area (Å²) in [7, 11) is 1.23. The normalized spacial score (nSPS) is 9.45. The number of carbonyl (C=O) groups is 1. The molecule has 0 fully saturated rings. The molecule has 1 heterocycles. The minimum absolute atomic E-state index is 0.0681. The number of hydrogen-bond donors (Lipinski definition) is 2. The number of hydrogen-bond acceptors (Lipinski definition) is 6. The zero-order valence-electron chi connectivity index (χ0n) is 10.8. The highest BCUT2D eigenvalue weighted by Gasteiger charge is 2.16. The van der Waals surface area contributed by atoms with Crippen molar-refractivity contribution >= 4 is 17.6 Å². The SMILES string of the molecule is COC(=O)c1nc(C#Cc2ccccc2)c(N)nc1N. The molecule has 1 aromatic carbocycles. The fourth-order valence-corrected chi connectivity index (χ4v) is 1.45. The van der Waals surface area contributed by atoms with Gasteiger partial charge in [0.2, 0.25) is 0 Å². The number of aromatic nitrogens is 2. The lowest BCUT2D eigenvalue weighted by Gasteiger charge is -2.04. The number of nitrogens with two attached hydrogens (primary N) is 2. The Balaban J connectivity index is 2.43. The molecule has 2 aromatic rings. The monoisotopic (exact) mass is 268 g/mol. The molecular formula is C14H12N4O2. The molecule has 6 nitrogen and oxygen atoms in total. The molecule has 0 aliphatic rings. The van der Waals surface area contributed by atoms with E-state index in [2.05, 4.69) is 26.5 Å². The van der Waals surface area contributed by atoms with E-state index in [1.54, 1.807) is 0 Å². The Bertz CT molecular complexity index is 702. The quantitative estimate of drug-likeness (QED) is 0.586. The van der Waals surface area contributed by atoms with Crippen LogP contribution >= 0.6 is 0 Å². The first-order valence-electron chi connectivity index (χ1n) is 5.70. The second-order valence-electron chi connectivity index (χ2n) is 3.80. The van der Waals surface area contributed by atoms with Gasteiger partial charge in [-0.3, -0.25) is 0 Å². The smallest absolute Gasteiger partial charge is 0.360 e. The second-order valence-corrected chi connectivity index (χ2v) is 3.80. The number of methoxy groups -OCH3 is 1.